The number of aromatic nitrogens is 2. The van der Waals surface area contributed by atoms with Crippen molar-refractivity contribution in [3.05, 3.63) is 64.1 Å². The van der Waals surface area contributed by atoms with E-state index in [1.54, 1.807) is 18.3 Å². The number of rotatable bonds is 2. The van der Waals surface area contributed by atoms with Gasteiger partial charge in [-0.15, -0.1) is 0 Å². The molecule has 0 aliphatic carbocycles. The highest BCUT2D eigenvalue weighted by Crippen LogP contribution is 2.25. The third-order valence-corrected chi connectivity index (χ3v) is 3.93. The molecule has 3 aromatic rings. The second-order valence-electron chi connectivity index (χ2n) is 4.30. The van der Waals surface area contributed by atoms with Gasteiger partial charge in [-0.25, -0.2) is 9.97 Å². The Labute approximate surface area is 134 Å². The summed E-state index contributed by atoms with van der Waals surface area (Å²) in [4.78, 5) is 20.6. The van der Waals surface area contributed by atoms with E-state index >= 15 is 0 Å². The Bertz CT molecular complexity index is 838. The third-order valence-electron chi connectivity index (χ3n) is 3.00. The number of nitrogens with zero attached hydrogens (tertiary/aromatic N) is 2. The second-order valence-corrected chi connectivity index (χ2v) is 5.41. The highest BCUT2D eigenvalue weighted by atomic mass is 79.9. The van der Waals surface area contributed by atoms with Crippen LogP contribution in [0.4, 0.5) is 5.69 Å². The van der Waals surface area contributed by atoms with Gasteiger partial charge in [0.1, 0.15) is 9.76 Å². The molecule has 0 spiro atoms. The molecular formula is C15H9BrClN3O. The van der Waals surface area contributed by atoms with E-state index in [1.807, 2.05) is 24.3 Å². The lowest BCUT2D eigenvalue weighted by molar-refractivity contribution is 0.102. The highest BCUT2D eigenvalue weighted by molar-refractivity contribution is 9.10. The zero-order valence-corrected chi connectivity index (χ0v) is 13.0. The predicted octanol–water partition coefficient (Wildman–Crippen LogP) is 4.30. The van der Waals surface area contributed by atoms with E-state index in [0.717, 1.165) is 10.8 Å². The van der Waals surface area contributed by atoms with E-state index < -0.39 is 0 Å². The van der Waals surface area contributed by atoms with Crippen LogP contribution in [-0.2, 0) is 0 Å². The Balaban J connectivity index is 2.03. The number of carbonyl (C=O) groups excluding carboxylic acids is 1. The standard InChI is InChI=1S/C15H9BrClN3O/c16-13-12(6-3-7-18-13)20-15(21)11-8-19-14(17)10-5-2-1-4-9(10)11/h1-8H,(H,20,21). The van der Waals surface area contributed by atoms with Crippen LogP contribution in [0.3, 0.4) is 0 Å². The summed E-state index contributed by atoms with van der Waals surface area (Å²) in [5.41, 5.74) is 1.06. The van der Waals surface area contributed by atoms with Gasteiger partial charge >= 0.3 is 0 Å². The zero-order valence-electron chi connectivity index (χ0n) is 10.7. The van der Waals surface area contributed by atoms with Crippen LogP contribution in [0.5, 0.6) is 0 Å². The van der Waals surface area contributed by atoms with Crippen LogP contribution in [-0.4, -0.2) is 15.9 Å². The molecule has 21 heavy (non-hydrogen) atoms. The van der Waals surface area contributed by atoms with Crippen molar-refractivity contribution in [2.24, 2.45) is 0 Å². The van der Waals surface area contributed by atoms with Crippen LogP contribution in [0.2, 0.25) is 5.15 Å². The van der Waals surface area contributed by atoms with Crippen LogP contribution in [0, 0.1) is 0 Å². The monoisotopic (exact) mass is 361 g/mol. The Hall–Kier alpha value is -1.98. The van der Waals surface area contributed by atoms with Gasteiger partial charge in [0.05, 0.1) is 11.3 Å². The van der Waals surface area contributed by atoms with Crippen molar-refractivity contribution in [3.8, 4) is 0 Å². The first-order valence-electron chi connectivity index (χ1n) is 6.12. The summed E-state index contributed by atoms with van der Waals surface area (Å²) in [6.45, 7) is 0. The third kappa shape index (κ3) is 2.75. The van der Waals surface area contributed by atoms with Crippen LogP contribution in [0.1, 0.15) is 10.4 Å². The molecule has 0 saturated heterocycles. The van der Waals surface area contributed by atoms with Crippen molar-refractivity contribution >= 4 is 49.9 Å². The topological polar surface area (TPSA) is 54.9 Å². The molecule has 0 atom stereocenters. The number of carbonyl (C=O) groups is 1. The molecule has 2 heterocycles. The second kappa shape index (κ2) is 5.79. The summed E-state index contributed by atoms with van der Waals surface area (Å²) < 4.78 is 0.574. The first-order chi connectivity index (χ1) is 10.2. The number of halogens is 2. The lowest BCUT2D eigenvalue weighted by Crippen LogP contribution is -2.13. The highest BCUT2D eigenvalue weighted by Gasteiger charge is 2.14. The van der Waals surface area contributed by atoms with E-state index in [1.165, 1.54) is 6.20 Å². The van der Waals surface area contributed by atoms with Gasteiger partial charge in [-0.2, -0.15) is 0 Å². The quantitative estimate of drug-likeness (QED) is 0.692. The minimum atomic E-state index is -0.260. The van der Waals surface area contributed by atoms with E-state index in [-0.39, 0.29) is 5.91 Å². The number of benzene rings is 1. The summed E-state index contributed by atoms with van der Waals surface area (Å²) in [7, 11) is 0. The fraction of sp³-hybridized carbons (Fsp3) is 0. The molecule has 0 aliphatic rings. The summed E-state index contributed by atoms with van der Waals surface area (Å²) >= 11 is 9.35. The summed E-state index contributed by atoms with van der Waals surface area (Å²) in [5, 5.41) is 4.69. The Morgan fingerprint density at radius 1 is 1.10 bits per heavy atom. The van der Waals surface area contributed by atoms with Gasteiger partial charge in [0, 0.05) is 17.8 Å². The smallest absolute Gasteiger partial charge is 0.257 e. The lowest BCUT2D eigenvalue weighted by Gasteiger charge is -2.09. The molecule has 3 rings (SSSR count). The number of hydrogen-bond donors (Lipinski definition) is 1. The predicted molar refractivity (Wildman–Crippen MR) is 86.6 cm³/mol. The fourth-order valence-corrected chi connectivity index (χ4v) is 2.57. The number of fused-ring (bicyclic) bond motifs is 1. The summed E-state index contributed by atoms with van der Waals surface area (Å²) in [5.74, 6) is -0.260. The molecule has 0 bridgehead atoms. The molecule has 104 valence electrons. The first-order valence-corrected chi connectivity index (χ1v) is 7.29. The van der Waals surface area contributed by atoms with E-state index in [2.05, 4.69) is 31.2 Å². The van der Waals surface area contributed by atoms with Crippen LogP contribution in [0.25, 0.3) is 10.8 Å². The minimum Gasteiger partial charge on any atom is -0.320 e. The van der Waals surface area contributed by atoms with Crippen molar-refractivity contribution in [1.29, 1.82) is 0 Å². The summed E-state index contributed by atoms with van der Waals surface area (Å²) in [6, 6.07) is 10.9. The Kier molecular flexibility index (Phi) is 3.86. The maximum Gasteiger partial charge on any atom is 0.257 e. The number of amides is 1. The molecular weight excluding hydrogens is 354 g/mol. The molecule has 2 aromatic heterocycles. The van der Waals surface area contributed by atoms with Crippen LogP contribution in [0.15, 0.2) is 53.4 Å². The lowest BCUT2D eigenvalue weighted by atomic mass is 10.1. The molecule has 0 radical (unpaired) electrons. The van der Waals surface area contributed by atoms with Gasteiger partial charge in [0.2, 0.25) is 0 Å². The van der Waals surface area contributed by atoms with Crippen molar-refractivity contribution < 1.29 is 4.79 Å². The number of hydrogen-bond acceptors (Lipinski definition) is 3. The molecule has 1 aromatic carbocycles. The molecule has 0 fully saturated rings. The molecule has 6 heteroatoms. The molecule has 0 saturated carbocycles. The van der Waals surface area contributed by atoms with Gasteiger partial charge in [-0.1, -0.05) is 35.9 Å². The maximum atomic E-state index is 12.4. The first kappa shape index (κ1) is 14.0. The minimum absolute atomic E-state index is 0.260. The molecule has 0 unspecified atom stereocenters. The Morgan fingerprint density at radius 3 is 2.62 bits per heavy atom. The number of pyridine rings is 2. The van der Waals surface area contributed by atoms with Crippen molar-refractivity contribution in [3.63, 3.8) is 0 Å². The summed E-state index contributed by atoms with van der Waals surface area (Å²) in [6.07, 6.45) is 3.11. The largest absolute Gasteiger partial charge is 0.320 e. The molecule has 0 aliphatic heterocycles. The normalized spacial score (nSPS) is 10.6. The molecule has 1 amide bonds. The van der Waals surface area contributed by atoms with Crippen LogP contribution < -0.4 is 5.32 Å². The zero-order chi connectivity index (χ0) is 14.8. The van der Waals surface area contributed by atoms with Gasteiger partial charge in [0.25, 0.3) is 5.91 Å². The van der Waals surface area contributed by atoms with Crippen LogP contribution >= 0.6 is 27.5 Å². The number of anilines is 1. The average Bonchev–Trinajstić information content (AvgIpc) is 2.50. The maximum absolute atomic E-state index is 12.4. The van der Waals surface area contributed by atoms with Crippen molar-refractivity contribution in [1.82, 2.24) is 9.97 Å². The number of nitrogens with one attached hydrogen (secondary N) is 1. The average molecular weight is 363 g/mol. The SMILES string of the molecule is O=C(Nc1cccnc1Br)c1cnc(Cl)c2ccccc12. The van der Waals surface area contributed by atoms with Gasteiger partial charge in [-0.3, -0.25) is 4.79 Å². The van der Waals surface area contributed by atoms with Gasteiger partial charge in [-0.05, 0) is 33.4 Å². The van der Waals surface area contributed by atoms with Crippen molar-refractivity contribution in [2.45, 2.75) is 0 Å². The fourth-order valence-electron chi connectivity index (χ4n) is 2.01. The molecule has 1 N–H and O–H groups in total. The Morgan fingerprint density at radius 2 is 1.86 bits per heavy atom. The molecule has 4 nitrogen and oxygen atoms in total. The van der Waals surface area contributed by atoms with E-state index in [9.17, 15) is 4.79 Å². The van der Waals surface area contributed by atoms with Gasteiger partial charge in [0.15, 0.2) is 0 Å². The van der Waals surface area contributed by atoms with Gasteiger partial charge < -0.3 is 5.32 Å². The van der Waals surface area contributed by atoms with E-state index in [0.29, 0.717) is 21.0 Å². The van der Waals surface area contributed by atoms with Crippen molar-refractivity contribution in [2.75, 3.05) is 5.32 Å². The van der Waals surface area contributed by atoms with E-state index in [4.69, 9.17) is 11.6 Å².